The van der Waals surface area contributed by atoms with Gasteiger partial charge in [-0.25, -0.2) is 0 Å². The first-order chi connectivity index (χ1) is 3.13. The summed E-state index contributed by atoms with van der Waals surface area (Å²) >= 11 is 1.44. The Morgan fingerprint density at radius 1 is 1.57 bits per heavy atom. The molecule has 0 unspecified atom stereocenters. The molecule has 0 spiro atoms. The zero-order valence-corrected chi connectivity index (χ0v) is 5.51. The molecule has 0 aliphatic heterocycles. The van der Waals surface area contributed by atoms with E-state index in [9.17, 15) is 9.59 Å². The van der Waals surface area contributed by atoms with Gasteiger partial charge < -0.3 is 5.11 Å². The van der Waals surface area contributed by atoms with E-state index in [0.717, 1.165) is 0 Å². The summed E-state index contributed by atoms with van der Waals surface area (Å²) in [6.07, 6.45) is -0.374. The lowest BCUT2D eigenvalue weighted by Gasteiger charge is -1.79. The molecular formula is C3H3IO3. The van der Waals surface area contributed by atoms with Gasteiger partial charge in [-0.3, -0.25) is 9.59 Å². The first kappa shape index (κ1) is 6.87. The molecule has 4 heteroatoms. The molecule has 0 aromatic carbocycles. The number of carboxylic acids is 1. The zero-order valence-electron chi connectivity index (χ0n) is 3.35. The second kappa shape index (κ2) is 2.95. The number of hydrogen-bond donors (Lipinski definition) is 1. The summed E-state index contributed by atoms with van der Waals surface area (Å²) in [6, 6.07) is 0. The first-order valence-electron chi connectivity index (χ1n) is 1.53. The van der Waals surface area contributed by atoms with E-state index in [4.69, 9.17) is 5.11 Å². The van der Waals surface area contributed by atoms with E-state index in [1.54, 1.807) is 0 Å². The van der Waals surface area contributed by atoms with Crippen molar-refractivity contribution in [2.75, 3.05) is 0 Å². The average molecular weight is 214 g/mol. The smallest absolute Gasteiger partial charge is 0.311 e. The highest BCUT2D eigenvalue weighted by atomic mass is 127. The van der Waals surface area contributed by atoms with Gasteiger partial charge in [0.1, 0.15) is 6.42 Å². The molecule has 0 aromatic rings. The number of aliphatic carboxylic acids is 1. The van der Waals surface area contributed by atoms with Crippen LogP contribution in [0.4, 0.5) is 0 Å². The Balaban J connectivity index is 3.32. The monoisotopic (exact) mass is 214 g/mol. The molecule has 0 atom stereocenters. The number of halogens is 1. The summed E-state index contributed by atoms with van der Waals surface area (Å²) in [5, 5.41) is 7.86. The lowest BCUT2D eigenvalue weighted by atomic mass is 10.5. The normalized spacial score (nSPS) is 8.14. The molecule has 40 valence electrons. The third kappa shape index (κ3) is 5.87. The van der Waals surface area contributed by atoms with Gasteiger partial charge in [0.15, 0.2) is 0 Å². The molecule has 0 amide bonds. The van der Waals surface area contributed by atoms with Crippen LogP contribution in [0.2, 0.25) is 0 Å². The van der Waals surface area contributed by atoms with Crippen LogP contribution in [0.15, 0.2) is 0 Å². The van der Waals surface area contributed by atoms with E-state index in [1.807, 2.05) is 0 Å². The Morgan fingerprint density at radius 3 is 2.00 bits per heavy atom. The van der Waals surface area contributed by atoms with Gasteiger partial charge in [0.25, 0.3) is 0 Å². The third-order valence-electron chi connectivity index (χ3n) is 0.290. The van der Waals surface area contributed by atoms with Crippen LogP contribution < -0.4 is 0 Å². The van der Waals surface area contributed by atoms with Gasteiger partial charge in [0, 0.05) is 22.6 Å². The van der Waals surface area contributed by atoms with E-state index in [-0.39, 0.29) is 10.2 Å². The molecule has 0 heterocycles. The van der Waals surface area contributed by atoms with Crippen LogP contribution in [0.5, 0.6) is 0 Å². The Kier molecular flexibility index (Phi) is 2.89. The lowest BCUT2D eigenvalue weighted by molar-refractivity contribution is -0.138. The van der Waals surface area contributed by atoms with Gasteiger partial charge in [-0.1, -0.05) is 0 Å². The SMILES string of the molecule is O=C(O)CC(=O)I. The molecule has 3 nitrogen and oxygen atoms in total. The molecular weight excluding hydrogens is 211 g/mol. The minimum Gasteiger partial charge on any atom is -0.481 e. The Morgan fingerprint density at radius 2 is 2.00 bits per heavy atom. The Bertz CT molecular complexity index is 86.4. The van der Waals surface area contributed by atoms with E-state index >= 15 is 0 Å². The molecule has 0 rings (SSSR count). The summed E-state index contributed by atoms with van der Waals surface area (Å²) in [4.78, 5) is 19.4. The maximum absolute atomic E-state index is 9.86. The van der Waals surface area contributed by atoms with Crippen LogP contribution >= 0.6 is 22.6 Å². The first-order valence-corrected chi connectivity index (χ1v) is 2.61. The van der Waals surface area contributed by atoms with Crippen LogP contribution in [-0.4, -0.2) is 14.9 Å². The largest absolute Gasteiger partial charge is 0.481 e. The van der Waals surface area contributed by atoms with Crippen molar-refractivity contribution in [3.63, 3.8) is 0 Å². The molecule has 0 saturated heterocycles. The molecule has 0 saturated carbocycles. The summed E-state index contributed by atoms with van der Waals surface area (Å²) in [7, 11) is 0. The fourth-order valence-electron chi connectivity index (χ4n) is 0.119. The van der Waals surface area contributed by atoms with Crippen molar-refractivity contribution in [1.82, 2.24) is 0 Å². The van der Waals surface area contributed by atoms with E-state index < -0.39 is 5.97 Å². The molecule has 0 aliphatic rings. The standard InChI is InChI=1S/C3H3IO3/c4-2(5)1-3(6)7/h1H2,(H,6,7). The summed E-state index contributed by atoms with van der Waals surface area (Å²) in [6.45, 7) is 0. The van der Waals surface area contributed by atoms with Gasteiger partial charge in [-0.05, 0) is 0 Å². The minimum atomic E-state index is -1.07. The molecule has 0 aliphatic carbocycles. The van der Waals surface area contributed by atoms with Crippen molar-refractivity contribution < 1.29 is 14.7 Å². The van der Waals surface area contributed by atoms with Crippen molar-refractivity contribution in [1.29, 1.82) is 0 Å². The average Bonchev–Trinajstić information content (AvgIpc) is 1.27. The van der Waals surface area contributed by atoms with Crippen molar-refractivity contribution in [2.45, 2.75) is 6.42 Å². The van der Waals surface area contributed by atoms with E-state index in [2.05, 4.69) is 0 Å². The number of carbonyl (C=O) groups is 2. The predicted molar refractivity (Wildman–Crippen MR) is 31.3 cm³/mol. The topological polar surface area (TPSA) is 54.4 Å². The molecule has 0 aromatic heterocycles. The highest BCUT2D eigenvalue weighted by Gasteiger charge is 2.00. The van der Waals surface area contributed by atoms with E-state index in [0.29, 0.717) is 0 Å². The van der Waals surface area contributed by atoms with Crippen LogP contribution in [0.3, 0.4) is 0 Å². The molecule has 7 heavy (non-hydrogen) atoms. The Hall–Kier alpha value is -0.130. The van der Waals surface area contributed by atoms with Crippen LogP contribution in [0.25, 0.3) is 0 Å². The van der Waals surface area contributed by atoms with Gasteiger partial charge >= 0.3 is 5.97 Å². The van der Waals surface area contributed by atoms with Crippen molar-refractivity contribution in [3.05, 3.63) is 0 Å². The summed E-state index contributed by atoms with van der Waals surface area (Å²) in [5.41, 5.74) is 0. The quantitative estimate of drug-likeness (QED) is 0.411. The minimum absolute atomic E-state index is 0.342. The lowest BCUT2D eigenvalue weighted by Crippen LogP contribution is -1.98. The van der Waals surface area contributed by atoms with Gasteiger partial charge in [-0.2, -0.15) is 0 Å². The molecule has 0 fully saturated rings. The van der Waals surface area contributed by atoms with Crippen LogP contribution in [-0.2, 0) is 9.59 Å². The Labute approximate surface area is 53.8 Å². The maximum atomic E-state index is 9.86. The van der Waals surface area contributed by atoms with Crippen molar-refractivity contribution in [2.24, 2.45) is 0 Å². The van der Waals surface area contributed by atoms with Gasteiger partial charge in [0.2, 0.25) is 3.79 Å². The van der Waals surface area contributed by atoms with Gasteiger partial charge in [0.05, 0.1) is 0 Å². The second-order valence-corrected chi connectivity index (χ2v) is 2.13. The van der Waals surface area contributed by atoms with Crippen LogP contribution in [0.1, 0.15) is 6.42 Å². The number of hydrogen-bond acceptors (Lipinski definition) is 2. The number of rotatable bonds is 2. The van der Waals surface area contributed by atoms with Crippen molar-refractivity contribution >= 4 is 32.4 Å². The van der Waals surface area contributed by atoms with Gasteiger partial charge in [-0.15, -0.1) is 0 Å². The number of carboxylic acid groups (broad SMARTS) is 1. The van der Waals surface area contributed by atoms with Crippen molar-refractivity contribution in [3.8, 4) is 0 Å². The fraction of sp³-hybridized carbons (Fsp3) is 0.333. The number of carbonyl (C=O) groups excluding carboxylic acids is 1. The highest BCUT2D eigenvalue weighted by Crippen LogP contribution is 1.90. The second-order valence-electron chi connectivity index (χ2n) is 0.926. The third-order valence-corrected chi connectivity index (χ3v) is 0.672. The molecule has 0 radical (unpaired) electrons. The zero-order chi connectivity index (χ0) is 5.86. The highest BCUT2D eigenvalue weighted by molar-refractivity contribution is 14.1. The maximum Gasteiger partial charge on any atom is 0.311 e. The molecule has 0 bridgehead atoms. The van der Waals surface area contributed by atoms with E-state index in [1.165, 1.54) is 22.6 Å². The van der Waals surface area contributed by atoms with Crippen LogP contribution in [0, 0.1) is 0 Å². The summed E-state index contributed by atoms with van der Waals surface area (Å²) in [5.74, 6) is -1.07. The predicted octanol–water partition coefficient (Wildman–Crippen LogP) is 0.423. The fourth-order valence-corrected chi connectivity index (χ4v) is 0.445. The summed E-state index contributed by atoms with van der Waals surface area (Å²) < 4.78 is -0.342. The molecule has 1 N–H and O–H groups in total.